The molecule has 2 aliphatic rings. The van der Waals surface area contributed by atoms with Crippen LogP contribution < -0.4 is 4.90 Å². The Morgan fingerprint density at radius 1 is 1.10 bits per heavy atom. The maximum Gasteiger partial charge on any atom is 0.417 e. The van der Waals surface area contributed by atoms with Crippen molar-refractivity contribution in [3.63, 3.8) is 0 Å². The number of pyridine rings is 1. The van der Waals surface area contributed by atoms with Crippen molar-refractivity contribution in [3.8, 4) is 0 Å². The fourth-order valence-corrected chi connectivity index (χ4v) is 3.94. The van der Waals surface area contributed by atoms with Gasteiger partial charge in [-0.1, -0.05) is 0 Å². The van der Waals surface area contributed by atoms with Crippen molar-refractivity contribution in [2.75, 3.05) is 31.1 Å². The maximum atomic E-state index is 13.3. The molecule has 3 heterocycles. The Kier molecular flexibility index (Phi) is 5.42. The molecule has 0 bridgehead atoms. The molecule has 2 amide bonds. The molecule has 10 heteroatoms. The average Bonchev–Trinajstić information content (AvgIpc) is 2.75. The number of likely N-dealkylation sites (tertiary alicyclic amines) is 1. The summed E-state index contributed by atoms with van der Waals surface area (Å²) in [7, 11) is 0. The monoisotopic (exact) mass is 437 g/mol. The van der Waals surface area contributed by atoms with Gasteiger partial charge in [0.15, 0.2) is 0 Å². The van der Waals surface area contributed by atoms with E-state index in [2.05, 4.69) is 4.98 Å². The number of halogens is 4. The number of aromatic nitrogens is 1. The zero-order valence-corrected chi connectivity index (χ0v) is 16.4. The number of piperidine rings is 1. The van der Waals surface area contributed by atoms with E-state index in [9.17, 15) is 27.2 Å². The Labute approximate surface area is 175 Å². The van der Waals surface area contributed by atoms with Crippen molar-refractivity contribution in [3.05, 3.63) is 59.7 Å². The van der Waals surface area contributed by atoms with Crippen molar-refractivity contribution in [2.24, 2.45) is 0 Å². The minimum Gasteiger partial charge on any atom is -0.361 e. The summed E-state index contributed by atoms with van der Waals surface area (Å²) in [4.78, 5) is 31.9. The van der Waals surface area contributed by atoms with E-state index in [1.54, 1.807) is 0 Å². The van der Waals surface area contributed by atoms with E-state index in [0.717, 1.165) is 12.1 Å². The number of carbonyl (C=O) groups is 2. The van der Waals surface area contributed by atoms with Crippen LogP contribution in [0.2, 0.25) is 0 Å². The topological polar surface area (TPSA) is 62.7 Å². The first-order valence-corrected chi connectivity index (χ1v) is 9.69. The lowest BCUT2D eigenvalue weighted by atomic mass is 9.90. The van der Waals surface area contributed by atoms with Gasteiger partial charge < -0.3 is 14.5 Å². The van der Waals surface area contributed by atoms with Gasteiger partial charge in [-0.2, -0.15) is 13.2 Å². The van der Waals surface area contributed by atoms with Gasteiger partial charge in [0.1, 0.15) is 23.7 Å². The number of nitrogens with zero attached hydrogens (tertiary/aromatic N) is 3. The van der Waals surface area contributed by atoms with E-state index in [1.165, 1.54) is 34.1 Å². The SMILES string of the molecule is O=C(c1ccc(C(F)(F)F)cn1)N1CCCC2(C1)CN(c1ccc(F)cc1)C(=O)CO2. The summed E-state index contributed by atoms with van der Waals surface area (Å²) in [6.07, 6.45) is -2.70. The second-order valence-corrected chi connectivity index (χ2v) is 7.69. The van der Waals surface area contributed by atoms with Crippen molar-refractivity contribution in [1.82, 2.24) is 9.88 Å². The molecule has 0 radical (unpaired) electrons. The molecule has 2 saturated heterocycles. The van der Waals surface area contributed by atoms with Gasteiger partial charge in [0.2, 0.25) is 0 Å². The van der Waals surface area contributed by atoms with E-state index in [4.69, 9.17) is 4.74 Å². The first kappa shape index (κ1) is 21.2. The number of hydrogen-bond donors (Lipinski definition) is 0. The van der Waals surface area contributed by atoms with Crippen LogP contribution in [0.5, 0.6) is 0 Å². The van der Waals surface area contributed by atoms with E-state index in [0.29, 0.717) is 31.3 Å². The molecule has 0 N–H and O–H groups in total. The highest BCUT2D eigenvalue weighted by Crippen LogP contribution is 2.33. The minimum absolute atomic E-state index is 0.0904. The number of hydrogen-bond acceptors (Lipinski definition) is 4. The Balaban J connectivity index is 1.51. The van der Waals surface area contributed by atoms with Gasteiger partial charge in [0, 0.05) is 18.4 Å². The highest BCUT2D eigenvalue weighted by molar-refractivity contribution is 5.95. The molecule has 4 rings (SSSR count). The van der Waals surface area contributed by atoms with Gasteiger partial charge >= 0.3 is 6.18 Å². The van der Waals surface area contributed by atoms with E-state index < -0.39 is 29.1 Å². The van der Waals surface area contributed by atoms with Crippen LogP contribution in [0.4, 0.5) is 23.2 Å². The van der Waals surface area contributed by atoms with Crippen molar-refractivity contribution < 1.29 is 31.9 Å². The van der Waals surface area contributed by atoms with Crippen LogP contribution in [0, 0.1) is 5.82 Å². The predicted molar refractivity (Wildman–Crippen MR) is 102 cm³/mol. The van der Waals surface area contributed by atoms with E-state index >= 15 is 0 Å². The zero-order chi connectivity index (χ0) is 22.2. The molecule has 2 fully saturated rings. The standard InChI is InChI=1S/C21H19F4N3O3/c22-15-3-5-16(6-4-15)28-13-20(31-11-18(28)29)8-1-9-27(12-20)19(30)17-7-2-14(10-26-17)21(23,24)25/h2-7,10H,1,8-9,11-13H2. The third kappa shape index (κ3) is 4.39. The molecule has 0 aliphatic carbocycles. The maximum absolute atomic E-state index is 13.3. The highest BCUT2D eigenvalue weighted by atomic mass is 19.4. The van der Waals surface area contributed by atoms with Crippen molar-refractivity contribution in [2.45, 2.75) is 24.6 Å². The second-order valence-electron chi connectivity index (χ2n) is 7.69. The summed E-state index contributed by atoms with van der Waals surface area (Å²) < 4.78 is 57.3. The lowest BCUT2D eigenvalue weighted by molar-refractivity contribution is -0.144. The van der Waals surface area contributed by atoms with Gasteiger partial charge in [-0.15, -0.1) is 0 Å². The summed E-state index contributed by atoms with van der Waals surface area (Å²) >= 11 is 0. The van der Waals surface area contributed by atoms with E-state index in [1.807, 2.05) is 0 Å². The summed E-state index contributed by atoms with van der Waals surface area (Å²) in [5.41, 5.74) is -1.31. The molecule has 1 atom stereocenters. The third-order valence-corrected chi connectivity index (χ3v) is 5.52. The van der Waals surface area contributed by atoms with Crippen molar-refractivity contribution >= 4 is 17.5 Å². The van der Waals surface area contributed by atoms with Crippen molar-refractivity contribution in [1.29, 1.82) is 0 Å². The largest absolute Gasteiger partial charge is 0.417 e. The van der Waals surface area contributed by atoms with Gasteiger partial charge in [-0.25, -0.2) is 4.39 Å². The van der Waals surface area contributed by atoms with Gasteiger partial charge in [-0.05, 0) is 49.2 Å². The normalized spacial score (nSPS) is 22.1. The fourth-order valence-electron chi connectivity index (χ4n) is 3.94. The molecule has 6 nitrogen and oxygen atoms in total. The molecule has 2 aliphatic heterocycles. The smallest absolute Gasteiger partial charge is 0.361 e. The third-order valence-electron chi connectivity index (χ3n) is 5.52. The predicted octanol–water partition coefficient (Wildman–Crippen LogP) is 3.28. The molecular weight excluding hydrogens is 418 g/mol. The van der Waals surface area contributed by atoms with Gasteiger partial charge in [-0.3, -0.25) is 14.6 Å². The molecule has 1 aromatic carbocycles. The van der Waals surface area contributed by atoms with Crippen LogP contribution in [0.3, 0.4) is 0 Å². The van der Waals surface area contributed by atoms with Crippen LogP contribution in [-0.2, 0) is 15.7 Å². The fraction of sp³-hybridized carbons (Fsp3) is 0.381. The first-order chi connectivity index (χ1) is 14.7. The second kappa shape index (κ2) is 7.92. The van der Waals surface area contributed by atoms with Crippen LogP contribution in [-0.4, -0.2) is 53.5 Å². The number of amides is 2. The number of carbonyl (C=O) groups excluding carboxylic acids is 2. The number of anilines is 1. The number of ether oxygens (including phenoxy) is 1. The quantitative estimate of drug-likeness (QED) is 0.677. The summed E-state index contributed by atoms with van der Waals surface area (Å²) in [5, 5.41) is 0. The first-order valence-electron chi connectivity index (χ1n) is 9.69. The van der Waals surface area contributed by atoms with E-state index in [-0.39, 0.29) is 31.3 Å². The van der Waals surface area contributed by atoms with Crippen LogP contribution >= 0.6 is 0 Å². The number of morpholine rings is 1. The number of benzene rings is 1. The highest BCUT2D eigenvalue weighted by Gasteiger charge is 2.44. The van der Waals surface area contributed by atoms with Crippen LogP contribution in [0.15, 0.2) is 42.6 Å². The Morgan fingerprint density at radius 3 is 2.48 bits per heavy atom. The Bertz CT molecular complexity index is 979. The molecule has 31 heavy (non-hydrogen) atoms. The summed E-state index contributed by atoms with van der Waals surface area (Å²) in [5.74, 6) is -1.19. The molecule has 1 aromatic heterocycles. The molecular formula is C21H19F4N3O3. The van der Waals surface area contributed by atoms with Crippen LogP contribution in [0.1, 0.15) is 28.9 Å². The summed E-state index contributed by atoms with van der Waals surface area (Å²) in [6, 6.07) is 7.41. The Morgan fingerprint density at radius 2 is 1.84 bits per heavy atom. The van der Waals surface area contributed by atoms with Gasteiger partial charge in [0.05, 0.1) is 18.7 Å². The van der Waals surface area contributed by atoms with Crippen LogP contribution in [0.25, 0.3) is 0 Å². The molecule has 1 spiro atoms. The molecule has 2 aromatic rings. The molecule has 1 unspecified atom stereocenters. The number of rotatable bonds is 2. The minimum atomic E-state index is -4.53. The lowest BCUT2D eigenvalue weighted by Crippen LogP contribution is -2.62. The Hall–Kier alpha value is -3.01. The zero-order valence-electron chi connectivity index (χ0n) is 16.4. The number of alkyl halides is 3. The average molecular weight is 437 g/mol. The molecule has 0 saturated carbocycles. The lowest BCUT2D eigenvalue weighted by Gasteiger charge is -2.47. The molecule has 164 valence electrons. The summed E-state index contributed by atoms with van der Waals surface area (Å²) in [6.45, 7) is 0.566. The van der Waals surface area contributed by atoms with Gasteiger partial charge in [0.25, 0.3) is 11.8 Å².